The van der Waals surface area contributed by atoms with Crippen LogP contribution in [0.1, 0.15) is 26.2 Å². The molecule has 1 saturated heterocycles. The van der Waals surface area contributed by atoms with Gasteiger partial charge < -0.3 is 10.2 Å². The van der Waals surface area contributed by atoms with E-state index in [1.54, 1.807) is 11.8 Å². The summed E-state index contributed by atoms with van der Waals surface area (Å²) in [5.41, 5.74) is 0. The van der Waals surface area contributed by atoms with Crippen LogP contribution in [0.2, 0.25) is 0 Å². The Balaban J connectivity index is 1.65. The maximum Gasteiger partial charge on any atom is 0.233 e. The van der Waals surface area contributed by atoms with Crippen molar-refractivity contribution < 1.29 is 9.59 Å². The van der Waals surface area contributed by atoms with Gasteiger partial charge in [0.25, 0.3) is 0 Å². The van der Waals surface area contributed by atoms with E-state index in [1.165, 1.54) is 0 Å². The maximum absolute atomic E-state index is 12.1. The van der Waals surface area contributed by atoms with Gasteiger partial charge in [0.2, 0.25) is 11.8 Å². The molecule has 0 saturated carbocycles. The molecule has 22 heavy (non-hydrogen) atoms. The van der Waals surface area contributed by atoms with Crippen LogP contribution >= 0.6 is 27.7 Å². The highest BCUT2D eigenvalue weighted by atomic mass is 79.9. The first-order valence-electron chi connectivity index (χ1n) is 7.54. The fourth-order valence-electron chi connectivity index (χ4n) is 2.34. The van der Waals surface area contributed by atoms with Gasteiger partial charge >= 0.3 is 0 Å². The molecule has 1 unspecified atom stereocenters. The SMILES string of the molecule is CC(Sc1ccc(Br)cc1)C(=O)NCCCN1CCCC1=O. The van der Waals surface area contributed by atoms with E-state index in [4.69, 9.17) is 0 Å². The third kappa shape index (κ3) is 5.32. The first-order valence-corrected chi connectivity index (χ1v) is 9.21. The van der Waals surface area contributed by atoms with Crippen molar-refractivity contribution in [2.75, 3.05) is 19.6 Å². The molecule has 1 heterocycles. The number of carbonyl (C=O) groups is 2. The van der Waals surface area contributed by atoms with E-state index in [1.807, 2.05) is 36.1 Å². The molecule has 6 heteroatoms. The van der Waals surface area contributed by atoms with Crippen LogP contribution in [0.5, 0.6) is 0 Å². The summed E-state index contributed by atoms with van der Waals surface area (Å²) in [6.07, 6.45) is 2.45. The molecule has 1 aromatic carbocycles. The predicted molar refractivity (Wildman–Crippen MR) is 92.9 cm³/mol. The third-order valence-corrected chi connectivity index (χ3v) is 5.21. The molecule has 0 radical (unpaired) electrons. The van der Waals surface area contributed by atoms with Crippen LogP contribution in [0.4, 0.5) is 0 Å². The van der Waals surface area contributed by atoms with E-state index in [9.17, 15) is 9.59 Å². The van der Waals surface area contributed by atoms with Crippen LogP contribution in [0, 0.1) is 0 Å². The van der Waals surface area contributed by atoms with Crippen LogP contribution < -0.4 is 5.32 Å². The number of hydrogen-bond acceptors (Lipinski definition) is 3. The number of thioether (sulfide) groups is 1. The summed E-state index contributed by atoms with van der Waals surface area (Å²) in [6, 6.07) is 7.94. The molecule has 0 spiro atoms. The first kappa shape index (κ1) is 17.3. The molecule has 0 aromatic heterocycles. The summed E-state index contributed by atoms with van der Waals surface area (Å²) in [5.74, 6) is 0.283. The van der Waals surface area contributed by atoms with Crippen LogP contribution in [0.15, 0.2) is 33.6 Å². The molecular weight excluding hydrogens is 364 g/mol. The summed E-state index contributed by atoms with van der Waals surface area (Å²) in [7, 11) is 0. The van der Waals surface area contributed by atoms with Crippen molar-refractivity contribution in [3.05, 3.63) is 28.7 Å². The van der Waals surface area contributed by atoms with Crippen molar-refractivity contribution in [3.63, 3.8) is 0 Å². The minimum atomic E-state index is -0.130. The minimum absolute atomic E-state index is 0.0423. The first-order chi connectivity index (χ1) is 10.6. The number of likely N-dealkylation sites (tertiary alicyclic amines) is 1. The molecule has 1 aliphatic heterocycles. The summed E-state index contributed by atoms with van der Waals surface area (Å²) in [4.78, 5) is 26.5. The molecule has 4 nitrogen and oxygen atoms in total. The summed E-state index contributed by atoms with van der Waals surface area (Å²) >= 11 is 4.95. The smallest absolute Gasteiger partial charge is 0.233 e. The summed E-state index contributed by atoms with van der Waals surface area (Å²) < 4.78 is 1.03. The number of benzene rings is 1. The van der Waals surface area contributed by atoms with Crippen molar-refractivity contribution >= 4 is 39.5 Å². The molecule has 120 valence electrons. The fourth-order valence-corrected chi connectivity index (χ4v) is 3.49. The van der Waals surface area contributed by atoms with E-state index >= 15 is 0 Å². The van der Waals surface area contributed by atoms with Crippen LogP contribution in [-0.4, -0.2) is 41.6 Å². The van der Waals surface area contributed by atoms with Crippen molar-refractivity contribution in [2.24, 2.45) is 0 Å². The zero-order valence-electron chi connectivity index (χ0n) is 12.7. The lowest BCUT2D eigenvalue weighted by Gasteiger charge is -2.16. The number of nitrogens with one attached hydrogen (secondary N) is 1. The molecule has 1 aromatic rings. The van der Waals surface area contributed by atoms with Gasteiger partial charge in [-0.1, -0.05) is 15.9 Å². The second kappa shape index (κ2) is 8.58. The molecule has 1 N–H and O–H groups in total. The highest BCUT2D eigenvalue weighted by Gasteiger charge is 2.19. The lowest BCUT2D eigenvalue weighted by atomic mass is 10.3. The van der Waals surface area contributed by atoms with E-state index in [0.717, 1.165) is 35.3 Å². The van der Waals surface area contributed by atoms with Gasteiger partial charge in [-0.2, -0.15) is 0 Å². The predicted octanol–water partition coefficient (Wildman–Crippen LogP) is 3.06. The number of amides is 2. The Morgan fingerprint density at radius 2 is 2.14 bits per heavy atom. The number of nitrogens with zero attached hydrogens (tertiary/aromatic N) is 1. The van der Waals surface area contributed by atoms with Crippen molar-refractivity contribution in [1.29, 1.82) is 0 Å². The second-order valence-electron chi connectivity index (χ2n) is 5.34. The summed E-state index contributed by atoms with van der Waals surface area (Å²) in [5, 5.41) is 2.82. The van der Waals surface area contributed by atoms with E-state index < -0.39 is 0 Å². The molecule has 2 rings (SSSR count). The second-order valence-corrected chi connectivity index (χ2v) is 7.67. The highest BCUT2D eigenvalue weighted by Crippen LogP contribution is 2.24. The molecule has 1 atom stereocenters. The monoisotopic (exact) mass is 384 g/mol. The summed E-state index contributed by atoms with van der Waals surface area (Å²) in [6.45, 7) is 4.13. The Morgan fingerprint density at radius 1 is 1.41 bits per heavy atom. The molecule has 1 fully saturated rings. The van der Waals surface area contributed by atoms with Gasteiger partial charge in [-0.15, -0.1) is 11.8 Å². The van der Waals surface area contributed by atoms with Gasteiger partial charge in [-0.3, -0.25) is 9.59 Å². The van der Waals surface area contributed by atoms with Crippen molar-refractivity contribution in [1.82, 2.24) is 10.2 Å². The largest absolute Gasteiger partial charge is 0.355 e. The number of hydrogen-bond donors (Lipinski definition) is 1. The lowest BCUT2D eigenvalue weighted by molar-refractivity contribution is -0.127. The van der Waals surface area contributed by atoms with Gasteiger partial charge in [0.1, 0.15) is 0 Å². The van der Waals surface area contributed by atoms with Gasteiger partial charge in [0, 0.05) is 35.4 Å². The minimum Gasteiger partial charge on any atom is -0.355 e. The Hall–Kier alpha value is -1.01. The number of carbonyl (C=O) groups excluding carboxylic acids is 2. The van der Waals surface area contributed by atoms with Gasteiger partial charge in [-0.25, -0.2) is 0 Å². The molecular formula is C16H21BrN2O2S. The maximum atomic E-state index is 12.1. The van der Waals surface area contributed by atoms with Crippen molar-refractivity contribution in [3.8, 4) is 0 Å². The van der Waals surface area contributed by atoms with Crippen molar-refractivity contribution in [2.45, 2.75) is 36.3 Å². The van der Waals surface area contributed by atoms with Crippen LogP contribution in [0.25, 0.3) is 0 Å². The fraction of sp³-hybridized carbons (Fsp3) is 0.500. The molecule has 1 aliphatic rings. The topological polar surface area (TPSA) is 49.4 Å². The van der Waals surface area contributed by atoms with Gasteiger partial charge in [0.05, 0.1) is 5.25 Å². The number of rotatable bonds is 7. The van der Waals surface area contributed by atoms with Crippen LogP contribution in [0.3, 0.4) is 0 Å². The van der Waals surface area contributed by atoms with E-state index in [-0.39, 0.29) is 17.1 Å². The van der Waals surface area contributed by atoms with E-state index in [2.05, 4.69) is 21.2 Å². The average molecular weight is 385 g/mol. The van der Waals surface area contributed by atoms with Gasteiger partial charge in [-0.05, 0) is 44.0 Å². The van der Waals surface area contributed by atoms with Crippen LogP contribution in [-0.2, 0) is 9.59 Å². The zero-order chi connectivity index (χ0) is 15.9. The Labute approximate surface area is 144 Å². The average Bonchev–Trinajstić information content (AvgIpc) is 2.91. The Bertz CT molecular complexity index is 521. The Morgan fingerprint density at radius 3 is 2.77 bits per heavy atom. The molecule has 0 aliphatic carbocycles. The van der Waals surface area contributed by atoms with Gasteiger partial charge in [0.15, 0.2) is 0 Å². The molecule has 0 bridgehead atoms. The standard InChI is InChI=1S/C16H21BrN2O2S/c1-12(22-14-7-5-13(17)6-8-14)16(21)18-9-3-11-19-10-2-4-15(19)20/h5-8,12H,2-4,9-11H2,1H3,(H,18,21). The lowest BCUT2D eigenvalue weighted by Crippen LogP contribution is -2.34. The zero-order valence-corrected chi connectivity index (χ0v) is 15.1. The quantitative estimate of drug-likeness (QED) is 0.580. The normalized spacial score (nSPS) is 15.9. The van der Waals surface area contributed by atoms with E-state index in [0.29, 0.717) is 13.0 Å². The molecule has 2 amide bonds. The third-order valence-electron chi connectivity index (χ3n) is 3.57. The highest BCUT2D eigenvalue weighted by molar-refractivity contribution is 9.10. The number of halogens is 1. The Kier molecular flexibility index (Phi) is 6.76.